The van der Waals surface area contributed by atoms with E-state index in [0.29, 0.717) is 12.8 Å². The number of hydrogen-bond acceptors (Lipinski definition) is 5. The lowest BCUT2D eigenvalue weighted by atomic mass is 10.0. The van der Waals surface area contributed by atoms with Crippen LogP contribution in [0.3, 0.4) is 0 Å². The van der Waals surface area contributed by atoms with Gasteiger partial charge in [-0.1, -0.05) is 228 Å². The van der Waals surface area contributed by atoms with Crippen molar-refractivity contribution in [2.75, 3.05) is 13.2 Å². The van der Waals surface area contributed by atoms with E-state index in [9.17, 15) is 14.7 Å². The first kappa shape index (κ1) is 57.3. The topological polar surface area (TPSA) is 72.8 Å². The molecule has 60 heavy (non-hydrogen) atoms. The SMILES string of the molecule is CC/C=C\C/C=C\C/C=C\C/C=C\C/C=C\CCCC(=O)OC(CO)COC(=O)CCCCCCCCCCCCCCCCCCC/C=C\CCCCCCCCCC. The molecule has 0 saturated heterocycles. The van der Waals surface area contributed by atoms with Gasteiger partial charge in [-0.15, -0.1) is 0 Å². The first-order valence-corrected chi connectivity index (χ1v) is 25.5. The average molecular weight is 837 g/mol. The molecule has 0 fully saturated rings. The Balaban J connectivity index is 3.51. The number of aliphatic hydroxyl groups is 1. The summed E-state index contributed by atoms with van der Waals surface area (Å²) in [6.45, 7) is 3.99. The number of allylic oxidation sites excluding steroid dienone is 12. The fourth-order valence-corrected chi connectivity index (χ4v) is 7.17. The number of hydrogen-bond donors (Lipinski definition) is 1. The molecule has 0 rings (SSSR count). The van der Waals surface area contributed by atoms with Crippen molar-refractivity contribution in [2.45, 2.75) is 251 Å². The van der Waals surface area contributed by atoms with Crippen molar-refractivity contribution >= 4 is 11.9 Å². The maximum Gasteiger partial charge on any atom is 0.306 e. The largest absolute Gasteiger partial charge is 0.462 e. The van der Waals surface area contributed by atoms with E-state index in [2.05, 4.69) is 86.8 Å². The van der Waals surface area contributed by atoms with Gasteiger partial charge in [-0.3, -0.25) is 9.59 Å². The molecule has 0 spiro atoms. The second-order valence-electron chi connectivity index (χ2n) is 16.9. The molecule has 0 radical (unpaired) electrons. The molecule has 0 aliphatic heterocycles. The predicted molar refractivity (Wildman–Crippen MR) is 260 cm³/mol. The van der Waals surface area contributed by atoms with Crippen LogP contribution in [0.1, 0.15) is 245 Å². The van der Waals surface area contributed by atoms with E-state index in [1.54, 1.807) is 0 Å². The highest BCUT2D eigenvalue weighted by molar-refractivity contribution is 5.70. The van der Waals surface area contributed by atoms with Gasteiger partial charge >= 0.3 is 11.9 Å². The normalized spacial score (nSPS) is 12.8. The fourth-order valence-electron chi connectivity index (χ4n) is 7.17. The lowest BCUT2D eigenvalue weighted by Gasteiger charge is -2.15. The summed E-state index contributed by atoms with van der Waals surface area (Å²) in [5.41, 5.74) is 0. The zero-order chi connectivity index (χ0) is 43.5. The van der Waals surface area contributed by atoms with Crippen LogP contribution < -0.4 is 0 Å². The highest BCUT2D eigenvalue weighted by Gasteiger charge is 2.16. The molecular formula is C55H96O5. The van der Waals surface area contributed by atoms with Gasteiger partial charge in [-0.05, 0) is 77.0 Å². The van der Waals surface area contributed by atoms with Gasteiger partial charge in [0.25, 0.3) is 0 Å². The maximum absolute atomic E-state index is 12.2. The standard InChI is InChI=1S/C55H96O5/c1-3-5-7-9-11-13-15-17-19-21-22-23-24-25-26-27-28-29-30-31-32-34-35-37-39-41-43-45-47-49-54(57)59-52-53(51-56)60-55(58)50-48-46-44-42-40-38-36-33-20-18-16-14-12-10-8-6-4-2/h6,8,12,14,18,20-22,36,38,42,44,53,56H,3-5,7,9-11,13,15-17,19,23-35,37,39-41,43,45-52H2,1-2H3/b8-6-,14-12-,20-18-,22-21-,38-36-,44-42-. The maximum atomic E-state index is 12.2. The number of esters is 2. The quantitative estimate of drug-likeness (QED) is 0.0376. The molecule has 1 atom stereocenters. The molecule has 0 aromatic carbocycles. The van der Waals surface area contributed by atoms with Gasteiger partial charge < -0.3 is 14.6 Å². The van der Waals surface area contributed by atoms with Crippen LogP contribution in [0.15, 0.2) is 72.9 Å². The molecule has 1 unspecified atom stereocenters. The van der Waals surface area contributed by atoms with Crippen LogP contribution in [0.2, 0.25) is 0 Å². The monoisotopic (exact) mass is 837 g/mol. The van der Waals surface area contributed by atoms with Crippen molar-refractivity contribution in [3.63, 3.8) is 0 Å². The highest BCUT2D eigenvalue weighted by Crippen LogP contribution is 2.16. The molecule has 0 aliphatic rings. The second-order valence-corrected chi connectivity index (χ2v) is 16.9. The van der Waals surface area contributed by atoms with Crippen LogP contribution in [0.25, 0.3) is 0 Å². The zero-order valence-electron chi connectivity index (χ0n) is 39.5. The van der Waals surface area contributed by atoms with Crippen LogP contribution >= 0.6 is 0 Å². The molecule has 0 saturated carbocycles. The van der Waals surface area contributed by atoms with Gasteiger partial charge in [0.1, 0.15) is 6.61 Å². The summed E-state index contributed by atoms with van der Waals surface area (Å²) in [7, 11) is 0. The Morgan fingerprint density at radius 3 is 1.15 bits per heavy atom. The van der Waals surface area contributed by atoms with Crippen molar-refractivity contribution in [2.24, 2.45) is 0 Å². The number of rotatable bonds is 46. The van der Waals surface area contributed by atoms with E-state index in [4.69, 9.17) is 9.47 Å². The Labute approximate surface area is 372 Å². The first-order chi connectivity index (χ1) is 29.6. The molecule has 5 heteroatoms. The smallest absolute Gasteiger partial charge is 0.306 e. The van der Waals surface area contributed by atoms with Crippen LogP contribution in [-0.4, -0.2) is 36.4 Å². The predicted octanol–water partition coefficient (Wildman–Crippen LogP) is 16.9. The Morgan fingerprint density at radius 1 is 0.400 bits per heavy atom. The second kappa shape index (κ2) is 50.7. The van der Waals surface area contributed by atoms with E-state index in [1.807, 2.05) is 0 Å². The van der Waals surface area contributed by atoms with Crippen LogP contribution in [-0.2, 0) is 19.1 Å². The van der Waals surface area contributed by atoms with E-state index in [-0.39, 0.29) is 31.6 Å². The van der Waals surface area contributed by atoms with Crippen LogP contribution in [0, 0.1) is 0 Å². The molecule has 0 bridgehead atoms. The van der Waals surface area contributed by atoms with Gasteiger partial charge in [0.15, 0.2) is 6.10 Å². The summed E-state index contributed by atoms with van der Waals surface area (Å²) in [5.74, 6) is -0.655. The van der Waals surface area contributed by atoms with Crippen molar-refractivity contribution in [1.29, 1.82) is 0 Å². The number of carbonyl (C=O) groups is 2. The Morgan fingerprint density at radius 2 is 0.733 bits per heavy atom. The van der Waals surface area contributed by atoms with E-state index < -0.39 is 6.10 Å². The minimum Gasteiger partial charge on any atom is -0.462 e. The average Bonchev–Trinajstić information content (AvgIpc) is 3.25. The Hall–Kier alpha value is -2.66. The first-order valence-electron chi connectivity index (χ1n) is 25.5. The molecule has 0 aromatic rings. The molecule has 0 aliphatic carbocycles. The van der Waals surface area contributed by atoms with Gasteiger partial charge in [0, 0.05) is 12.8 Å². The summed E-state index contributed by atoms with van der Waals surface area (Å²) in [4.78, 5) is 24.4. The summed E-state index contributed by atoms with van der Waals surface area (Å²) in [6.07, 6.45) is 68.7. The zero-order valence-corrected chi connectivity index (χ0v) is 39.5. The van der Waals surface area contributed by atoms with Crippen molar-refractivity contribution in [3.05, 3.63) is 72.9 Å². The van der Waals surface area contributed by atoms with Gasteiger partial charge in [0.2, 0.25) is 0 Å². The summed E-state index contributed by atoms with van der Waals surface area (Å²) < 4.78 is 10.6. The molecule has 0 heterocycles. The molecule has 0 amide bonds. The number of carbonyl (C=O) groups excluding carboxylic acids is 2. The lowest BCUT2D eigenvalue weighted by molar-refractivity contribution is -0.161. The minimum absolute atomic E-state index is 0.0897. The van der Waals surface area contributed by atoms with E-state index >= 15 is 0 Å². The van der Waals surface area contributed by atoms with E-state index in [1.165, 1.54) is 154 Å². The number of unbranched alkanes of at least 4 members (excludes halogenated alkanes) is 26. The summed E-state index contributed by atoms with van der Waals surface area (Å²) in [6, 6.07) is 0. The molecule has 5 nitrogen and oxygen atoms in total. The third kappa shape index (κ3) is 48.0. The van der Waals surface area contributed by atoms with Crippen molar-refractivity contribution < 1.29 is 24.2 Å². The Kier molecular flexibility index (Phi) is 48.4. The Bertz CT molecular complexity index is 1080. The number of ether oxygens (including phenoxy) is 2. The summed E-state index contributed by atoms with van der Waals surface area (Å²) in [5, 5.41) is 9.60. The number of aliphatic hydroxyl groups excluding tert-OH is 1. The van der Waals surface area contributed by atoms with Crippen LogP contribution in [0.5, 0.6) is 0 Å². The van der Waals surface area contributed by atoms with E-state index in [0.717, 1.165) is 57.8 Å². The minimum atomic E-state index is -0.804. The molecule has 1 N–H and O–H groups in total. The van der Waals surface area contributed by atoms with Gasteiger partial charge in [-0.25, -0.2) is 0 Å². The lowest BCUT2D eigenvalue weighted by Crippen LogP contribution is -2.28. The van der Waals surface area contributed by atoms with Gasteiger partial charge in [-0.2, -0.15) is 0 Å². The third-order valence-corrected chi connectivity index (χ3v) is 11.0. The summed E-state index contributed by atoms with van der Waals surface area (Å²) >= 11 is 0. The molecular weight excluding hydrogens is 741 g/mol. The third-order valence-electron chi connectivity index (χ3n) is 11.0. The highest BCUT2D eigenvalue weighted by atomic mass is 16.6. The molecule has 0 aromatic heterocycles. The fraction of sp³-hybridized carbons (Fsp3) is 0.745. The van der Waals surface area contributed by atoms with Crippen molar-refractivity contribution in [1.82, 2.24) is 0 Å². The van der Waals surface area contributed by atoms with Gasteiger partial charge in [0.05, 0.1) is 6.61 Å². The molecule has 346 valence electrons. The van der Waals surface area contributed by atoms with Crippen LogP contribution in [0.4, 0.5) is 0 Å². The van der Waals surface area contributed by atoms with Crippen molar-refractivity contribution in [3.8, 4) is 0 Å².